The zero-order valence-corrected chi connectivity index (χ0v) is 12.0. The van der Waals surface area contributed by atoms with E-state index in [9.17, 15) is 4.79 Å². The maximum Gasteiger partial charge on any atom is 0.310 e. The van der Waals surface area contributed by atoms with E-state index in [0.717, 1.165) is 25.8 Å². The second-order valence-corrected chi connectivity index (χ2v) is 5.47. The highest BCUT2D eigenvalue weighted by atomic mass is 16.5. The molecule has 1 aromatic carbocycles. The topological polar surface area (TPSA) is 49.8 Å². The smallest absolute Gasteiger partial charge is 0.310 e. The molecule has 1 fully saturated rings. The molecule has 1 heterocycles. The molecule has 0 aliphatic carbocycles. The van der Waals surface area contributed by atoms with Gasteiger partial charge < -0.3 is 14.7 Å². The molecule has 1 aliphatic heterocycles. The van der Waals surface area contributed by atoms with Crippen LogP contribution in [0.1, 0.15) is 18.4 Å². The lowest BCUT2D eigenvalue weighted by Crippen LogP contribution is -2.41. The molecule has 1 aliphatic rings. The minimum Gasteiger partial charge on any atom is -0.481 e. The lowest BCUT2D eigenvalue weighted by molar-refractivity contribution is -0.143. The van der Waals surface area contributed by atoms with Crippen molar-refractivity contribution >= 4 is 5.97 Å². The fourth-order valence-corrected chi connectivity index (χ4v) is 2.71. The number of carboxylic acid groups (broad SMARTS) is 1. The Kier molecular flexibility index (Phi) is 5.56. The fourth-order valence-electron chi connectivity index (χ4n) is 2.71. The lowest BCUT2D eigenvalue weighted by atomic mass is 10.0. The predicted octanol–water partition coefficient (Wildman–Crippen LogP) is 2.04. The van der Waals surface area contributed by atoms with Gasteiger partial charge in [0.25, 0.3) is 0 Å². The number of hydrogen-bond acceptors (Lipinski definition) is 3. The lowest BCUT2D eigenvalue weighted by Gasteiger charge is -2.26. The molecule has 110 valence electrons. The summed E-state index contributed by atoms with van der Waals surface area (Å²) in [5, 5.41) is 9.15. The van der Waals surface area contributed by atoms with E-state index in [1.54, 1.807) is 0 Å². The normalized spacial score (nSPS) is 22.3. The van der Waals surface area contributed by atoms with E-state index in [1.165, 1.54) is 5.56 Å². The summed E-state index contributed by atoms with van der Waals surface area (Å²) in [5.74, 6) is -1.13. The van der Waals surface area contributed by atoms with Gasteiger partial charge >= 0.3 is 5.97 Å². The van der Waals surface area contributed by atoms with E-state index in [2.05, 4.69) is 29.2 Å². The van der Waals surface area contributed by atoms with Crippen LogP contribution in [0.5, 0.6) is 0 Å². The number of rotatable bonds is 7. The zero-order chi connectivity index (χ0) is 14.4. The van der Waals surface area contributed by atoms with Gasteiger partial charge in [-0.3, -0.25) is 4.79 Å². The molecular formula is C16H23NO3. The summed E-state index contributed by atoms with van der Waals surface area (Å²) in [6.45, 7) is 1.80. The number of carboxylic acids is 1. The summed E-state index contributed by atoms with van der Waals surface area (Å²) in [6.07, 6.45) is 3.28. The number of aryl methyl sites for hydroxylation is 1. The van der Waals surface area contributed by atoms with E-state index in [1.807, 2.05) is 13.1 Å². The Balaban J connectivity index is 1.70. The van der Waals surface area contributed by atoms with E-state index < -0.39 is 5.97 Å². The molecule has 0 bridgehead atoms. The van der Waals surface area contributed by atoms with Crippen LogP contribution in [0, 0.1) is 5.92 Å². The van der Waals surface area contributed by atoms with Crippen molar-refractivity contribution in [3.05, 3.63) is 35.9 Å². The van der Waals surface area contributed by atoms with E-state index in [0.29, 0.717) is 13.2 Å². The Morgan fingerprint density at radius 1 is 1.30 bits per heavy atom. The number of nitrogens with zero attached hydrogens (tertiary/aromatic N) is 1. The highest BCUT2D eigenvalue weighted by molar-refractivity contribution is 5.71. The number of likely N-dealkylation sites (N-methyl/N-ethyl adjacent to an activating group) is 1. The third-order valence-corrected chi connectivity index (χ3v) is 4.00. The Labute approximate surface area is 120 Å². The van der Waals surface area contributed by atoms with Gasteiger partial charge in [0, 0.05) is 6.04 Å². The first kappa shape index (κ1) is 15.0. The largest absolute Gasteiger partial charge is 0.481 e. The summed E-state index contributed by atoms with van der Waals surface area (Å²) < 4.78 is 5.31. The molecule has 0 saturated carbocycles. The van der Waals surface area contributed by atoms with Crippen molar-refractivity contribution in [2.45, 2.75) is 25.3 Å². The summed E-state index contributed by atoms with van der Waals surface area (Å²) in [6, 6.07) is 10.5. The van der Waals surface area contributed by atoms with Gasteiger partial charge in [-0.05, 0) is 38.4 Å². The van der Waals surface area contributed by atoms with Gasteiger partial charge in [0.05, 0.1) is 19.1 Å². The van der Waals surface area contributed by atoms with Gasteiger partial charge in [-0.1, -0.05) is 30.3 Å². The predicted molar refractivity (Wildman–Crippen MR) is 77.7 cm³/mol. The van der Waals surface area contributed by atoms with Gasteiger partial charge in [0.1, 0.15) is 0 Å². The monoisotopic (exact) mass is 277 g/mol. The Bertz CT molecular complexity index is 421. The maximum absolute atomic E-state index is 11.1. The van der Waals surface area contributed by atoms with Crippen molar-refractivity contribution in [1.82, 2.24) is 4.90 Å². The molecule has 1 N–H and O–H groups in total. The first-order chi connectivity index (χ1) is 9.68. The molecule has 1 saturated heterocycles. The second kappa shape index (κ2) is 7.41. The van der Waals surface area contributed by atoms with E-state index in [4.69, 9.17) is 9.84 Å². The molecular weight excluding hydrogens is 254 g/mol. The van der Waals surface area contributed by atoms with Crippen molar-refractivity contribution in [3.8, 4) is 0 Å². The highest BCUT2D eigenvalue weighted by Gasteiger charge is 2.36. The number of unbranched alkanes of at least 4 members (excludes halogenated alkanes) is 1. The highest BCUT2D eigenvalue weighted by Crippen LogP contribution is 2.19. The number of carbonyl (C=O) groups is 1. The second-order valence-electron chi connectivity index (χ2n) is 5.47. The molecule has 0 radical (unpaired) electrons. The van der Waals surface area contributed by atoms with Crippen LogP contribution in [0.2, 0.25) is 0 Å². The molecule has 2 atom stereocenters. The Hall–Kier alpha value is -1.39. The van der Waals surface area contributed by atoms with Gasteiger partial charge in [-0.25, -0.2) is 0 Å². The fraction of sp³-hybridized carbons (Fsp3) is 0.562. The van der Waals surface area contributed by atoms with Crippen molar-refractivity contribution in [2.24, 2.45) is 5.92 Å². The van der Waals surface area contributed by atoms with Crippen LogP contribution in [-0.2, 0) is 16.0 Å². The van der Waals surface area contributed by atoms with Gasteiger partial charge in [-0.2, -0.15) is 0 Å². The molecule has 20 heavy (non-hydrogen) atoms. The number of benzene rings is 1. The maximum atomic E-state index is 11.1. The van der Waals surface area contributed by atoms with Gasteiger partial charge in [0.15, 0.2) is 0 Å². The summed E-state index contributed by atoms with van der Waals surface area (Å²) in [7, 11) is 2.00. The Morgan fingerprint density at radius 3 is 2.75 bits per heavy atom. The van der Waals surface area contributed by atoms with Crippen LogP contribution in [0.25, 0.3) is 0 Å². The molecule has 2 rings (SSSR count). The quantitative estimate of drug-likeness (QED) is 0.775. The minimum atomic E-state index is -0.747. The molecule has 4 nitrogen and oxygen atoms in total. The standard InChI is InChI=1S/C16H23NO3/c1-17(15-12-20-11-14(15)16(18)19)10-6-5-9-13-7-3-2-4-8-13/h2-4,7-8,14-15H,5-6,9-12H2,1H3,(H,18,19). The Morgan fingerprint density at radius 2 is 2.05 bits per heavy atom. The van der Waals surface area contributed by atoms with E-state index >= 15 is 0 Å². The summed E-state index contributed by atoms with van der Waals surface area (Å²) in [5.41, 5.74) is 1.36. The van der Waals surface area contributed by atoms with Crippen molar-refractivity contribution in [3.63, 3.8) is 0 Å². The third-order valence-electron chi connectivity index (χ3n) is 4.00. The summed E-state index contributed by atoms with van der Waals surface area (Å²) in [4.78, 5) is 13.3. The average Bonchev–Trinajstić information content (AvgIpc) is 2.94. The molecule has 2 unspecified atom stereocenters. The van der Waals surface area contributed by atoms with Gasteiger partial charge in [0.2, 0.25) is 0 Å². The first-order valence-electron chi connectivity index (χ1n) is 7.23. The molecule has 1 aromatic rings. The van der Waals surface area contributed by atoms with Crippen LogP contribution < -0.4 is 0 Å². The summed E-state index contributed by atoms with van der Waals surface area (Å²) >= 11 is 0. The van der Waals surface area contributed by atoms with Crippen LogP contribution in [0.4, 0.5) is 0 Å². The van der Waals surface area contributed by atoms with Gasteiger partial charge in [-0.15, -0.1) is 0 Å². The number of ether oxygens (including phenoxy) is 1. The average molecular weight is 277 g/mol. The van der Waals surface area contributed by atoms with Crippen LogP contribution in [0.15, 0.2) is 30.3 Å². The zero-order valence-electron chi connectivity index (χ0n) is 12.0. The molecule has 0 spiro atoms. The number of hydrogen-bond donors (Lipinski definition) is 1. The first-order valence-corrected chi connectivity index (χ1v) is 7.23. The van der Waals surface area contributed by atoms with Crippen LogP contribution in [-0.4, -0.2) is 48.8 Å². The third kappa shape index (κ3) is 4.05. The SMILES string of the molecule is CN(CCCCc1ccccc1)C1COCC1C(=O)O. The minimum absolute atomic E-state index is 0.0178. The molecule has 0 amide bonds. The van der Waals surface area contributed by atoms with Crippen LogP contribution >= 0.6 is 0 Å². The van der Waals surface area contributed by atoms with E-state index in [-0.39, 0.29) is 12.0 Å². The van der Waals surface area contributed by atoms with Crippen molar-refractivity contribution < 1.29 is 14.6 Å². The van der Waals surface area contributed by atoms with Crippen LogP contribution in [0.3, 0.4) is 0 Å². The molecule has 0 aromatic heterocycles. The van der Waals surface area contributed by atoms with Crippen molar-refractivity contribution in [1.29, 1.82) is 0 Å². The van der Waals surface area contributed by atoms with Crippen molar-refractivity contribution in [2.75, 3.05) is 26.8 Å². The molecule has 4 heteroatoms. The number of aliphatic carboxylic acids is 1.